The summed E-state index contributed by atoms with van der Waals surface area (Å²) in [6.45, 7) is 7.17. The Hall–Kier alpha value is -0.730. The van der Waals surface area contributed by atoms with Crippen molar-refractivity contribution in [2.24, 2.45) is 10.7 Å². The molecule has 0 aliphatic carbocycles. The second-order valence-corrected chi connectivity index (χ2v) is 3.63. The van der Waals surface area contributed by atoms with Crippen molar-refractivity contribution in [1.82, 2.24) is 5.32 Å². The second-order valence-electron chi connectivity index (χ2n) is 3.63. The lowest BCUT2D eigenvalue weighted by Gasteiger charge is -2.08. The van der Waals surface area contributed by atoms with Crippen molar-refractivity contribution in [2.45, 2.75) is 52.5 Å². The molecule has 0 heterocycles. The van der Waals surface area contributed by atoms with Crippen LogP contribution < -0.4 is 11.1 Å². The Morgan fingerprint density at radius 1 is 1.31 bits per heavy atom. The fraction of sp³-hybridized carbons (Fsp3) is 0.900. The number of unbranched alkanes of at least 4 members (excludes halogenated alkanes) is 3. The number of rotatable bonds is 6. The lowest BCUT2D eigenvalue weighted by molar-refractivity contribution is 0.668. The highest BCUT2D eigenvalue weighted by Gasteiger charge is 1.93. The van der Waals surface area contributed by atoms with Gasteiger partial charge in [-0.3, -0.25) is 4.99 Å². The Balaban J connectivity index is 3.36. The first kappa shape index (κ1) is 12.3. The number of guanidine groups is 1. The van der Waals surface area contributed by atoms with E-state index in [4.69, 9.17) is 5.73 Å². The molecule has 0 saturated heterocycles. The Bertz CT molecular complexity index is 141. The number of hydrogen-bond acceptors (Lipinski definition) is 1. The zero-order chi connectivity index (χ0) is 10.1. The molecule has 3 nitrogen and oxygen atoms in total. The first-order valence-electron chi connectivity index (χ1n) is 5.23. The zero-order valence-electron chi connectivity index (χ0n) is 9.14. The molecule has 0 bridgehead atoms. The summed E-state index contributed by atoms with van der Waals surface area (Å²) in [5.41, 5.74) is 5.63. The van der Waals surface area contributed by atoms with Crippen LogP contribution >= 0.6 is 0 Å². The van der Waals surface area contributed by atoms with Crippen LogP contribution in [-0.4, -0.2) is 18.5 Å². The number of aliphatic imine (C=N–C) groups is 1. The average molecular weight is 185 g/mol. The summed E-state index contributed by atoms with van der Waals surface area (Å²) in [4.78, 5) is 4.22. The molecule has 0 aromatic carbocycles. The molecular formula is C10H23N3. The highest BCUT2D eigenvalue weighted by Crippen LogP contribution is 1.98. The largest absolute Gasteiger partial charge is 0.370 e. The summed E-state index contributed by atoms with van der Waals surface area (Å²) in [6.07, 6.45) is 4.97. The van der Waals surface area contributed by atoms with Crippen LogP contribution in [0.2, 0.25) is 0 Å². The van der Waals surface area contributed by atoms with E-state index in [1.807, 2.05) is 0 Å². The third-order valence-corrected chi connectivity index (χ3v) is 1.73. The molecule has 0 aliphatic rings. The first-order chi connectivity index (χ1) is 6.16. The van der Waals surface area contributed by atoms with E-state index in [1.54, 1.807) is 0 Å². The predicted molar refractivity (Wildman–Crippen MR) is 58.9 cm³/mol. The summed E-state index contributed by atoms with van der Waals surface area (Å²) in [6, 6.07) is 0.374. The molecule has 0 atom stereocenters. The van der Waals surface area contributed by atoms with Crippen molar-refractivity contribution < 1.29 is 0 Å². The van der Waals surface area contributed by atoms with Crippen LogP contribution in [-0.2, 0) is 0 Å². The maximum Gasteiger partial charge on any atom is 0.188 e. The molecule has 0 radical (unpaired) electrons. The van der Waals surface area contributed by atoms with E-state index >= 15 is 0 Å². The quantitative estimate of drug-likeness (QED) is 0.377. The average Bonchev–Trinajstić information content (AvgIpc) is 2.02. The normalized spacial score (nSPS) is 12.2. The molecule has 0 saturated carbocycles. The van der Waals surface area contributed by atoms with Gasteiger partial charge in [0.05, 0.1) is 0 Å². The van der Waals surface area contributed by atoms with Gasteiger partial charge in [-0.2, -0.15) is 0 Å². The maximum absolute atomic E-state index is 5.63. The highest BCUT2D eigenvalue weighted by molar-refractivity contribution is 5.77. The SMILES string of the molecule is CCCCCCN=C(N)NC(C)C. The van der Waals surface area contributed by atoms with Gasteiger partial charge in [0, 0.05) is 12.6 Å². The van der Waals surface area contributed by atoms with E-state index in [1.165, 1.54) is 19.3 Å². The molecular weight excluding hydrogens is 162 g/mol. The van der Waals surface area contributed by atoms with Gasteiger partial charge in [-0.05, 0) is 20.3 Å². The van der Waals surface area contributed by atoms with E-state index < -0.39 is 0 Å². The standard InChI is InChI=1S/C10H23N3/c1-4-5-6-7-8-12-10(11)13-9(2)3/h9H,4-8H2,1-3H3,(H3,11,12,13). The topological polar surface area (TPSA) is 50.4 Å². The van der Waals surface area contributed by atoms with Gasteiger partial charge in [0.1, 0.15) is 0 Å². The molecule has 3 N–H and O–H groups in total. The monoisotopic (exact) mass is 185 g/mol. The summed E-state index contributed by atoms with van der Waals surface area (Å²) >= 11 is 0. The van der Waals surface area contributed by atoms with Crippen LogP contribution in [0.1, 0.15) is 46.5 Å². The van der Waals surface area contributed by atoms with Crippen molar-refractivity contribution in [3.63, 3.8) is 0 Å². The summed E-state index contributed by atoms with van der Waals surface area (Å²) in [5.74, 6) is 0.575. The molecule has 13 heavy (non-hydrogen) atoms. The van der Waals surface area contributed by atoms with Crippen LogP contribution in [0.4, 0.5) is 0 Å². The molecule has 0 fully saturated rings. The van der Waals surface area contributed by atoms with E-state index in [2.05, 4.69) is 31.1 Å². The van der Waals surface area contributed by atoms with Crippen LogP contribution in [0.3, 0.4) is 0 Å². The summed E-state index contributed by atoms with van der Waals surface area (Å²) in [5, 5.41) is 3.06. The minimum absolute atomic E-state index is 0.374. The minimum Gasteiger partial charge on any atom is -0.370 e. The van der Waals surface area contributed by atoms with E-state index in [0.29, 0.717) is 12.0 Å². The lowest BCUT2D eigenvalue weighted by atomic mass is 10.2. The lowest BCUT2D eigenvalue weighted by Crippen LogP contribution is -2.36. The smallest absolute Gasteiger partial charge is 0.188 e. The first-order valence-corrected chi connectivity index (χ1v) is 5.23. The Labute approximate surface area is 81.8 Å². The minimum atomic E-state index is 0.374. The van der Waals surface area contributed by atoms with Gasteiger partial charge in [-0.1, -0.05) is 26.2 Å². The van der Waals surface area contributed by atoms with Gasteiger partial charge in [0.2, 0.25) is 0 Å². The van der Waals surface area contributed by atoms with Gasteiger partial charge in [0.15, 0.2) is 5.96 Å². The summed E-state index contributed by atoms with van der Waals surface area (Å²) in [7, 11) is 0. The maximum atomic E-state index is 5.63. The molecule has 0 rings (SSSR count). The Morgan fingerprint density at radius 2 is 2.00 bits per heavy atom. The number of nitrogens with two attached hydrogens (primary N) is 1. The van der Waals surface area contributed by atoms with Crippen LogP contribution in [0.5, 0.6) is 0 Å². The molecule has 78 valence electrons. The van der Waals surface area contributed by atoms with Crippen molar-refractivity contribution in [2.75, 3.05) is 6.54 Å². The fourth-order valence-corrected chi connectivity index (χ4v) is 1.08. The predicted octanol–water partition coefficient (Wildman–Crippen LogP) is 1.88. The molecule has 0 unspecified atom stereocenters. The molecule has 0 aliphatic heterocycles. The van der Waals surface area contributed by atoms with Crippen LogP contribution in [0.25, 0.3) is 0 Å². The summed E-state index contributed by atoms with van der Waals surface area (Å²) < 4.78 is 0. The Kier molecular flexibility index (Phi) is 7.45. The number of nitrogens with one attached hydrogen (secondary N) is 1. The molecule has 3 heteroatoms. The van der Waals surface area contributed by atoms with Gasteiger partial charge >= 0.3 is 0 Å². The highest BCUT2D eigenvalue weighted by atomic mass is 15.1. The van der Waals surface area contributed by atoms with E-state index in [9.17, 15) is 0 Å². The van der Waals surface area contributed by atoms with Crippen molar-refractivity contribution in [3.05, 3.63) is 0 Å². The van der Waals surface area contributed by atoms with Crippen molar-refractivity contribution in [1.29, 1.82) is 0 Å². The Morgan fingerprint density at radius 3 is 2.54 bits per heavy atom. The molecule has 0 aromatic heterocycles. The van der Waals surface area contributed by atoms with Gasteiger partial charge in [-0.25, -0.2) is 0 Å². The van der Waals surface area contributed by atoms with Gasteiger partial charge in [0.25, 0.3) is 0 Å². The fourth-order valence-electron chi connectivity index (χ4n) is 1.08. The number of nitrogens with zero attached hydrogens (tertiary/aromatic N) is 1. The molecule has 0 spiro atoms. The van der Waals surface area contributed by atoms with Crippen LogP contribution in [0, 0.1) is 0 Å². The van der Waals surface area contributed by atoms with Gasteiger partial charge < -0.3 is 11.1 Å². The third-order valence-electron chi connectivity index (χ3n) is 1.73. The third kappa shape index (κ3) is 9.18. The van der Waals surface area contributed by atoms with E-state index in [-0.39, 0.29) is 0 Å². The zero-order valence-corrected chi connectivity index (χ0v) is 9.14. The van der Waals surface area contributed by atoms with Crippen molar-refractivity contribution in [3.8, 4) is 0 Å². The van der Waals surface area contributed by atoms with E-state index in [0.717, 1.165) is 13.0 Å². The second kappa shape index (κ2) is 7.90. The number of hydrogen-bond donors (Lipinski definition) is 2. The van der Waals surface area contributed by atoms with Gasteiger partial charge in [-0.15, -0.1) is 0 Å². The molecule has 0 amide bonds. The molecule has 0 aromatic rings. The van der Waals surface area contributed by atoms with Crippen LogP contribution in [0.15, 0.2) is 4.99 Å². The van der Waals surface area contributed by atoms with Crippen molar-refractivity contribution >= 4 is 5.96 Å².